The van der Waals surface area contributed by atoms with Crippen molar-refractivity contribution in [2.75, 3.05) is 11.9 Å². The van der Waals surface area contributed by atoms with Gasteiger partial charge in [-0.3, -0.25) is 4.79 Å². The van der Waals surface area contributed by atoms with E-state index in [-0.39, 0.29) is 15.4 Å². The summed E-state index contributed by atoms with van der Waals surface area (Å²) in [5, 5.41) is 18.6. The summed E-state index contributed by atoms with van der Waals surface area (Å²) in [4.78, 5) is 10.9. The number of nitrogens with zero attached hydrogens (tertiary/aromatic N) is 4. The smallest absolute Gasteiger partial charge is 0.273 e. The number of amides is 1. The maximum absolute atomic E-state index is 12.3. The zero-order valence-corrected chi connectivity index (χ0v) is 11.7. The number of carbonyl (C=O) groups is 1. The van der Waals surface area contributed by atoms with Crippen LogP contribution in [0.5, 0.6) is 0 Å². The fourth-order valence-corrected chi connectivity index (χ4v) is 4.44. The third-order valence-corrected chi connectivity index (χ3v) is 5.66. The van der Waals surface area contributed by atoms with Crippen LogP contribution in [-0.4, -0.2) is 41.4 Å². The average molecular weight is 301 g/mol. The first-order chi connectivity index (χ1) is 8.95. The molecule has 0 aromatic carbocycles. The number of nitriles is 1. The molecule has 1 saturated heterocycles. The summed E-state index contributed by atoms with van der Waals surface area (Å²) in [5.74, 6) is -0.351. The van der Waals surface area contributed by atoms with Crippen molar-refractivity contribution in [3.8, 4) is 6.07 Å². The van der Waals surface area contributed by atoms with E-state index in [0.717, 1.165) is 15.6 Å². The highest BCUT2D eigenvalue weighted by atomic mass is 32.2. The topological polar surface area (TPSA) is 116 Å². The van der Waals surface area contributed by atoms with Crippen molar-refractivity contribution in [3.63, 3.8) is 0 Å². The molecule has 1 atom stereocenters. The summed E-state index contributed by atoms with van der Waals surface area (Å²) in [7, 11) is -3.81. The van der Waals surface area contributed by atoms with Crippen LogP contribution in [0.15, 0.2) is 4.34 Å². The molecule has 8 nitrogen and oxygen atoms in total. The van der Waals surface area contributed by atoms with Gasteiger partial charge in [-0.1, -0.05) is 11.3 Å². The van der Waals surface area contributed by atoms with Gasteiger partial charge in [0, 0.05) is 13.5 Å². The standard InChI is InChI=1S/C9H11N5O3S2/c1-6(15)11-8-12-13-9(18-8)19(16,17)14-4-2-3-7(14)5-10/h7H,2-4H2,1H3,(H,11,12,15). The van der Waals surface area contributed by atoms with Crippen molar-refractivity contribution in [2.24, 2.45) is 0 Å². The Labute approximate surface area is 114 Å². The largest absolute Gasteiger partial charge is 0.301 e. The normalized spacial score (nSPS) is 20.1. The van der Waals surface area contributed by atoms with E-state index >= 15 is 0 Å². The third kappa shape index (κ3) is 2.73. The number of aromatic nitrogens is 2. The fourth-order valence-electron chi connectivity index (χ4n) is 1.77. The second-order valence-electron chi connectivity index (χ2n) is 3.96. The van der Waals surface area contributed by atoms with E-state index in [4.69, 9.17) is 5.26 Å². The third-order valence-electron chi connectivity index (χ3n) is 2.57. The zero-order chi connectivity index (χ0) is 14.0. The Morgan fingerprint density at radius 1 is 1.58 bits per heavy atom. The quantitative estimate of drug-likeness (QED) is 0.796. The fraction of sp³-hybridized carbons (Fsp3) is 0.556. The summed E-state index contributed by atoms with van der Waals surface area (Å²) in [6.07, 6.45) is 1.17. The molecule has 1 aromatic heterocycles. The Hall–Kier alpha value is -1.57. The van der Waals surface area contributed by atoms with Gasteiger partial charge in [0.2, 0.25) is 15.4 Å². The van der Waals surface area contributed by atoms with E-state index in [0.29, 0.717) is 19.4 Å². The summed E-state index contributed by atoms with van der Waals surface area (Å²) in [5.41, 5.74) is 0. The van der Waals surface area contributed by atoms with E-state index in [1.54, 1.807) is 0 Å². The maximum atomic E-state index is 12.3. The van der Waals surface area contributed by atoms with Crippen molar-refractivity contribution in [2.45, 2.75) is 30.1 Å². The number of nitrogens with one attached hydrogen (secondary N) is 1. The highest BCUT2D eigenvalue weighted by Gasteiger charge is 2.37. The summed E-state index contributed by atoms with van der Waals surface area (Å²) in [6, 6.07) is 1.31. The van der Waals surface area contributed by atoms with Gasteiger partial charge in [-0.2, -0.15) is 9.57 Å². The molecular weight excluding hydrogens is 290 g/mol. The first kappa shape index (κ1) is 13.9. The Balaban J connectivity index is 2.27. The van der Waals surface area contributed by atoms with Crippen LogP contribution in [0.3, 0.4) is 0 Å². The number of anilines is 1. The Morgan fingerprint density at radius 3 is 2.95 bits per heavy atom. The summed E-state index contributed by atoms with van der Waals surface area (Å²) >= 11 is 0.774. The maximum Gasteiger partial charge on any atom is 0.273 e. The van der Waals surface area contributed by atoms with Crippen LogP contribution < -0.4 is 5.32 Å². The van der Waals surface area contributed by atoms with Crippen LogP contribution in [0.25, 0.3) is 0 Å². The highest BCUT2D eigenvalue weighted by molar-refractivity contribution is 7.91. The number of sulfonamides is 1. The van der Waals surface area contributed by atoms with E-state index in [1.165, 1.54) is 6.92 Å². The lowest BCUT2D eigenvalue weighted by atomic mass is 10.2. The van der Waals surface area contributed by atoms with Crippen LogP contribution in [0.2, 0.25) is 0 Å². The van der Waals surface area contributed by atoms with Crippen LogP contribution in [0.4, 0.5) is 5.13 Å². The molecule has 1 aromatic rings. The van der Waals surface area contributed by atoms with E-state index < -0.39 is 16.1 Å². The molecule has 1 amide bonds. The molecule has 0 saturated carbocycles. The highest BCUT2D eigenvalue weighted by Crippen LogP contribution is 2.28. The lowest BCUT2D eigenvalue weighted by molar-refractivity contribution is -0.114. The van der Waals surface area contributed by atoms with Gasteiger partial charge in [-0.25, -0.2) is 8.42 Å². The molecule has 19 heavy (non-hydrogen) atoms. The second-order valence-corrected chi connectivity index (χ2v) is 7.00. The van der Waals surface area contributed by atoms with E-state index in [2.05, 4.69) is 15.5 Å². The van der Waals surface area contributed by atoms with Crippen molar-refractivity contribution in [1.82, 2.24) is 14.5 Å². The van der Waals surface area contributed by atoms with Crippen LogP contribution >= 0.6 is 11.3 Å². The van der Waals surface area contributed by atoms with Gasteiger partial charge in [-0.15, -0.1) is 10.2 Å². The summed E-state index contributed by atoms with van der Waals surface area (Å²) in [6.45, 7) is 1.59. The molecule has 102 valence electrons. The molecule has 0 spiro atoms. The summed E-state index contributed by atoms with van der Waals surface area (Å²) < 4.78 is 25.5. The molecular formula is C9H11N5O3S2. The lowest BCUT2D eigenvalue weighted by Crippen LogP contribution is -2.34. The Bertz CT molecular complexity index is 633. The van der Waals surface area contributed by atoms with Crippen LogP contribution in [0, 0.1) is 11.3 Å². The van der Waals surface area contributed by atoms with Crippen molar-refractivity contribution < 1.29 is 13.2 Å². The van der Waals surface area contributed by atoms with Gasteiger partial charge in [0.1, 0.15) is 6.04 Å². The molecule has 2 heterocycles. The number of rotatable bonds is 3. The molecule has 1 aliphatic rings. The average Bonchev–Trinajstić information content (AvgIpc) is 2.95. The van der Waals surface area contributed by atoms with E-state index in [9.17, 15) is 13.2 Å². The molecule has 2 rings (SSSR count). The predicted octanol–water partition coefficient (Wildman–Crippen LogP) is 0.173. The van der Waals surface area contributed by atoms with Crippen molar-refractivity contribution >= 4 is 32.4 Å². The minimum absolute atomic E-state index is 0.124. The Kier molecular flexibility index (Phi) is 3.79. The lowest BCUT2D eigenvalue weighted by Gasteiger charge is -2.16. The second kappa shape index (κ2) is 5.20. The molecule has 0 bridgehead atoms. The van der Waals surface area contributed by atoms with Gasteiger partial charge in [0.25, 0.3) is 10.0 Å². The SMILES string of the molecule is CC(=O)Nc1nnc(S(=O)(=O)N2CCCC2C#N)s1. The molecule has 0 radical (unpaired) electrons. The number of hydrogen-bond acceptors (Lipinski definition) is 7. The minimum atomic E-state index is -3.81. The number of hydrogen-bond donors (Lipinski definition) is 1. The molecule has 1 unspecified atom stereocenters. The monoisotopic (exact) mass is 301 g/mol. The zero-order valence-electron chi connectivity index (χ0n) is 10.0. The Morgan fingerprint density at radius 2 is 2.32 bits per heavy atom. The number of carbonyl (C=O) groups excluding carboxylic acids is 1. The predicted molar refractivity (Wildman–Crippen MR) is 66.7 cm³/mol. The van der Waals surface area contributed by atoms with E-state index in [1.807, 2.05) is 6.07 Å². The molecule has 0 aliphatic carbocycles. The molecule has 1 fully saturated rings. The first-order valence-corrected chi connectivity index (χ1v) is 7.73. The van der Waals surface area contributed by atoms with Gasteiger partial charge < -0.3 is 5.32 Å². The van der Waals surface area contributed by atoms with Gasteiger partial charge in [0.15, 0.2) is 0 Å². The molecule has 1 aliphatic heterocycles. The van der Waals surface area contributed by atoms with Crippen molar-refractivity contribution in [1.29, 1.82) is 5.26 Å². The van der Waals surface area contributed by atoms with Gasteiger partial charge >= 0.3 is 0 Å². The van der Waals surface area contributed by atoms with Crippen molar-refractivity contribution in [3.05, 3.63) is 0 Å². The molecule has 1 N–H and O–H groups in total. The first-order valence-electron chi connectivity index (χ1n) is 5.47. The minimum Gasteiger partial charge on any atom is -0.301 e. The van der Waals surface area contributed by atoms with Gasteiger partial charge in [0.05, 0.1) is 6.07 Å². The van der Waals surface area contributed by atoms with Crippen LogP contribution in [0.1, 0.15) is 19.8 Å². The van der Waals surface area contributed by atoms with Crippen LogP contribution in [-0.2, 0) is 14.8 Å². The molecule has 10 heteroatoms. The van der Waals surface area contributed by atoms with Gasteiger partial charge in [-0.05, 0) is 12.8 Å².